The number of nitrogens with zero attached hydrogens (tertiary/aromatic N) is 1. The van der Waals surface area contributed by atoms with Gasteiger partial charge in [-0.3, -0.25) is 9.78 Å². The number of aryl methyl sites for hydroxylation is 1. The second-order valence-corrected chi connectivity index (χ2v) is 5.82. The molecule has 0 bridgehead atoms. The maximum atomic E-state index is 13.3. The number of halogens is 3. The van der Waals surface area contributed by atoms with Gasteiger partial charge in [0.15, 0.2) is 0 Å². The summed E-state index contributed by atoms with van der Waals surface area (Å²) in [5, 5.41) is 8.87. The highest BCUT2D eigenvalue weighted by molar-refractivity contribution is 5.74. The number of pyridine rings is 1. The lowest BCUT2D eigenvalue weighted by molar-refractivity contribution is -0.138. The minimum absolute atomic E-state index is 0.0385. The lowest BCUT2D eigenvalue weighted by Gasteiger charge is -2.24. The van der Waals surface area contributed by atoms with E-state index < -0.39 is 17.7 Å². The Bertz CT molecular complexity index is 803. The van der Waals surface area contributed by atoms with Gasteiger partial charge in [-0.1, -0.05) is 6.07 Å². The molecule has 1 aromatic carbocycles. The van der Waals surface area contributed by atoms with E-state index >= 15 is 0 Å². The Hall–Kier alpha value is -2.57. The third kappa shape index (κ3) is 3.60. The zero-order chi connectivity index (χ0) is 18.0. The van der Waals surface area contributed by atoms with Crippen LogP contribution >= 0.6 is 0 Å². The van der Waals surface area contributed by atoms with Gasteiger partial charge in [0.2, 0.25) is 0 Å². The van der Waals surface area contributed by atoms with Crippen molar-refractivity contribution in [2.75, 3.05) is 6.61 Å². The normalized spacial score (nSPS) is 13.9. The van der Waals surface area contributed by atoms with E-state index in [1.54, 1.807) is 12.1 Å². The number of carboxylic acids is 1. The molecule has 0 aliphatic carbocycles. The van der Waals surface area contributed by atoms with E-state index in [2.05, 4.69) is 4.98 Å². The minimum atomic E-state index is -4.52. The second kappa shape index (κ2) is 6.74. The lowest BCUT2D eigenvalue weighted by Crippen LogP contribution is -2.14. The van der Waals surface area contributed by atoms with Crippen LogP contribution in [-0.2, 0) is 23.8 Å². The highest BCUT2D eigenvalue weighted by Crippen LogP contribution is 2.42. The van der Waals surface area contributed by atoms with Crippen LogP contribution in [0.1, 0.15) is 29.5 Å². The fraction of sp³-hybridized carbons (Fsp3) is 0.333. The van der Waals surface area contributed by atoms with E-state index in [9.17, 15) is 18.0 Å². The Morgan fingerprint density at radius 1 is 1.28 bits per heavy atom. The molecule has 25 heavy (non-hydrogen) atoms. The first-order valence-corrected chi connectivity index (χ1v) is 7.90. The highest BCUT2D eigenvalue weighted by atomic mass is 19.4. The number of rotatable bonds is 4. The molecule has 1 aromatic heterocycles. The van der Waals surface area contributed by atoms with Crippen molar-refractivity contribution in [1.29, 1.82) is 0 Å². The molecular weight excluding hydrogens is 335 g/mol. The summed E-state index contributed by atoms with van der Waals surface area (Å²) in [6.07, 6.45) is -1.54. The summed E-state index contributed by atoms with van der Waals surface area (Å²) in [6, 6.07) is 5.47. The Morgan fingerprint density at radius 2 is 2.08 bits per heavy atom. The number of benzene rings is 1. The van der Waals surface area contributed by atoms with Gasteiger partial charge in [0.25, 0.3) is 0 Å². The molecular formula is C18H16F3NO3. The first kappa shape index (κ1) is 17.3. The van der Waals surface area contributed by atoms with Gasteiger partial charge in [-0.2, -0.15) is 13.2 Å². The number of fused-ring (bicyclic) bond motifs is 1. The Labute approximate surface area is 142 Å². The summed E-state index contributed by atoms with van der Waals surface area (Å²) >= 11 is 0. The van der Waals surface area contributed by atoms with Crippen molar-refractivity contribution in [1.82, 2.24) is 4.98 Å². The van der Waals surface area contributed by atoms with Gasteiger partial charge in [-0.05, 0) is 48.6 Å². The summed E-state index contributed by atoms with van der Waals surface area (Å²) in [6.45, 7) is 0.413. The first-order valence-electron chi connectivity index (χ1n) is 7.90. The van der Waals surface area contributed by atoms with Crippen LogP contribution in [-0.4, -0.2) is 22.7 Å². The quantitative estimate of drug-likeness (QED) is 0.901. The molecule has 7 heteroatoms. The molecule has 0 saturated heterocycles. The SMILES string of the molecule is O=C(O)CCc1ccc(-c2ncccc2C(F)(F)F)c2c1CCCO2. The molecule has 132 valence electrons. The monoisotopic (exact) mass is 351 g/mol. The van der Waals surface area contributed by atoms with Crippen LogP contribution in [0, 0.1) is 0 Å². The minimum Gasteiger partial charge on any atom is -0.493 e. The number of carbonyl (C=O) groups is 1. The van der Waals surface area contributed by atoms with Crippen LogP contribution in [0.15, 0.2) is 30.5 Å². The number of carboxylic acid groups (broad SMARTS) is 1. The molecule has 0 saturated carbocycles. The summed E-state index contributed by atoms with van der Waals surface area (Å²) in [7, 11) is 0. The van der Waals surface area contributed by atoms with E-state index in [1.165, 1.54) is 12.3 Å². The molecule has 0 spiro atoms. The van der Waals surface area contributed by atoms with Crippen molar-refractivity contribution in [3.8, 4) is 17.0 Å². The zero-order valence-corrected chi connectivity index (χ0v) is 13.3. The average Bonchev–Trinajstić information content (AvgIpc) is 2.59. The Balaban J connectivity index is 2.11. The van der Waals surface area contributed by atoms with Gasteiger partial charge < -0.3 is 9.84 Å². The predicted molar refractivity (Wildman–Crippen MR) is 84.4 cm³/mol. The summed E-state index contributed by atoms with van der Waals surface area (Å²) in [5.41, 5.74) is 0.887. The molecule has 0 radical (unpaired) electrons. The Kier molecular flexibility index (Phi) is 4.65. The van der Waals surface area contributed by atoms with Crippen LogP contribution in [0.3, 0.4) is 0 Å². The molecule has 4 nitrogen and oxygen atoms in total. The van der Waals surface area contributed by atoms with Crippen molar-refractivity contribution >= 4 is 5.97 Å². The third-order valence-electron chi connectivity index (χ3n) is 4.15. The molecule has 2 aromatic rings. The fourth-order valence-corrected chi connectivity index (χ4v) is 3.04. The average molecular weight is 351 g/mol. The maximum absolute atomic E-state index is 13.3. The number of alkyl halides is 3. The largest absolute Gasteiger partial charge is 0.493 e. The van der Waals surface area contributed by atoms with Crippen molar-refractivity contribution in [2.24, 2.45) is 0 Å². The molecule has 1 N–H and O–H groups in total. The molecule has 0 atom stereocenters. The van der Waals surface area contributed by atoms with Gasteiger partial charge >= 0.3 is 12.1 Å². The standard InChI is InChI=1S/C18H16F3NO3/c19-18(20,21)14-4-1-9-22-16(14)13-7-5-11(6-8-15(23)24)12-3-2-10-25-17(12)13/h1,4-5,7,9H,2-3,6,8,10H2,(H,23,24). The molecule has 0 unspecified atom stereocenters. The summed E-state index contributed by atoms with van der Waals surface area (Å²) in [5.74, 6) is -0.531. The van der Waals surface area contributed by atoms with Crippen LogP contribution < -0.4 is 4.74 Å². The van der Waals surface area contributed by atoms with Crippen LogP contribution in [0.25, 0.3) is 11.3 Å². The maximum Gasteiger partial charge on any atom is 0.418 e. The van der Waals surface area contributed by atoms with Gasteiger partial charge in [0, 0.05) is 18.2 Å². The molecule has 2 heterocycles. The molecule has 3 rings (SSSR count). The summed E-state index contributed by atoms with van der Waals surface area (Å²) < 4.78 is 45.6. The van der Waals surface area contributed by atoms with Gasteiger partial charge in [0.05, 0.1) is 17.9 Å². The lowest BCUT2D eigenvalue weighted by atomic mass is 9.92. The topological polar surface area (TPSA) is 59.4 Å². The van der Waals surface area contributed by atoms with E-state index in [1.807, 2.05) is 0 Å². The van der Waals surface area contributed by atoms with Gasteiger partial charge in [0.1, 0.15) is 5.75 Å². The van der Waals surface area contributed by atoms with E-state index in [-0.39, 0.29) is 12.1 Å². The predicted octanol–water partition coefficient (Wildman–Crippen LogP) is 4.11. The van der Waals surface area contributed by atoms with Crippen molar-refractivity contribution in [3.05, 3.63) is 47.2 Å². The Morgan fingerprint density at radius 3 is 2.80 bits per heavy atom. The van der Waals surface area contributed by atoms with E-state index in [4.69, 9.17) is 9.84 Å². The van der Waals surface area contributed by atoms with Crippen molar-refractivity contribution in [3.63, 3.8) is 0 Å². The third-order valence-corrected chi connectivity index (χ3v) is 4.15. The number of hydrogen-bond acceptors (Lipinski definition) is 3. The van der Waals surface area contributed by atoms with Crippen LogP contribution in [0.2, 0.25) is 0 Å². The second-order valence-electron chi connectivity index (χ2n) is 5.82. The fourth-order valence-electron chi connectivity index (χ4n) is 3.04. The van der Waals surface area contributed by atoms with Crippen molar-refractivity contribution in [2.45, 2.75) is 31.9 Å². The van der Waals surface area contributed by atoms with Crippen molar-refractivity contribution < 1.29 is 27.8 Å². The zero-order valence-electron chi connectivity index (χ0n) is 13.3. The smallest absolute Gasteiger partial charge is 0.418 e. The van der Waals surface area contributed by atoms with E-state index in [0.29, 0.717) is 30.8 Å². The van der Waals surface area contributed by atoms with Crippen LogP contribution in [0.5, 0.6) is 5.75 Å². The number of aromatic nitrogens is 1. The number of aliphatic carboxylic acids is 1. The van der Waals surface area contributed by atoms with Crippen LogP contribution in [0.4, 0.5) is 13.2 Å². The highest BCUT2D eigenvalue weighted by Gasteiger charge is 2.35. The molecule has 0 amide bonds. The number of hydrogen-bond donors (Lipinski definition) is 1. The first-order chi connectivity index (χ1) is 11.9. The van der Waals surface area contributed by atoms with Gasteiger partial charge in [-0.15, -0.1) is 0 Å². The molecule has 1 aliphatic heterocycles. The van der Waals surface area contributed by atoms with Gasteiger partial charge in [-0.25, -0.2) is 0 Å². The molecule has 0 fully saturated rings. The summed E-state index contributed by atoms with van der Waals surface area (Å²) in [4.78, 5) is 14.8. The van der Waals surface area contributed by atoms with E-state index in [0.717, 1.165) is 23.6 Å². The molecule has 1 aliphatic rings. The number of ether oxygens (including phenoxy) is 1.